The second kappa shape index (κ2) is 5.09. The van der Waals surface area contributed by atoms with Crippen LogP contribution < -0.4 is 4.90 Å². The first-order chi connectivity index (χ1) is 10.7. The number of anilines is 1. The summed E-state index contributed by atoms with van der Waals surface area (Å²) in [6.45, 7) is 0. The Morgan fingerprint density at radius 1 is 1.14 bits per heavy atom. The Bertz CT molecular complexity index is 721. The van der Waals surface area contributed by atoms with Gasteiger partial charge in [0.25, 0.3) is 0 Å². The molecule has 1 fully saturated rings. The van der Waals surface area contributed by atoms with Crippen LogP contribution in [0.5, 0.6) is 5.75 Å². The lowest BCUT2D eigenvalue weighted by molar-refractivity contribution is -0.117. The van der Waals surface area contributed by atoms with Gasteiger partial charge >= 0.3 is 0 Å². The van der Waals surface area contributed by atoms with Gasteiger partial charge in [-0.1, -0.05) is 12.8 Å². The number of carbonyl (C=O) groups is 1. The molecule has 1 amide bonds. The van der Waals surface area contributed by atoms with Gasteiger partial charge in [-0.05, 0) is 37.1 Å². The first kappa shape index (κ1) is 13.2. The van der Waals surface area contributed by atoms with Gasteiger partial charge in [-0.3, -0.25) is 14.7 Å². The standard InChI is InChI=1S/C17H17N3O2/c21-13-7-5-11(6-8-13)15-10-18-14-9-16(22)20(17(14)19-15)12-3-1-2-4-12/h5-8,10,12,21H,1-4,9H2. The smallest absolute Gasteiger partial charge is 0.234 e. The van der Waals surface area contributed by atoms with Crippen LogP contribution in [0.25, 0.3) is 11.3 Å². The number of hydrogen-bond donors (Lipinski definition) is 1. The van der Waals surface area contributed by atoms with E-state index in [4.69, 9.17) is 4.98 Å². The lowest BCUT2D eigenvalue weighted by atomic mass is 10.1. The molecule has 5 heteroatoms. The summed E-state index contributed by atoms with van der Waals surface area (Å²) in [5.41, 5.74) is 2.40. The van der Waals surface area contributed by atoms with Crippen molar-refractivity contribution in [2.24, 2.45) is 0 Å². The summed E-state index contributed by atoms with van der Waals surface area (Å²) in [6, 6.07) is 7.15. The summed E-state index contributed by atoms with van der Waals surface area (Å²) < 4.78 is 0. The van der Waals surface area contributed by atoms with Crippen molar-refractivity contribution >= 4 is 11.7 Å². The number of aromatic hydroxyl groups is 1. The van der Waals surface area contributed by atoms with Gasteiger partial charge in [0.05, 0.1) is 24.0 Å². The molecular weight excluding hydrogens is 278 g/mol. The average molecular weight is 295 g/mol. The second-order valence-electron chi connectivity index (χ2n) is 5.95. The van der Waals surface area contributed by atoms with E-state index in [1.165, 1.54) is 12.8 Å². The zero-order valence-corrected chi connectivity index (χ0v) is 12.2. The fourth-order valence-corrected chi connectivity index (χ4v) is 3.38. The molecule has 2 aromatic rings. The molecule has 2 aliphatic rings. The first-order valence-electron chi connectivity index (χ1n) is 7.70. The van der Waals surface area contributed by atoms with E-state index in [1.807, 2.05) is 17.0 Å². The highest BCUT2D eigenvalue weighted by molar-refractivity contribution is 6.00. The molecule has 0 bridgehead atoms. The number of amides is 1. The summed E-state index contributed by atoms with van der Waals surface area (Å²) in [5, 5.41) is 9.39. The van der Waals surface area contributed by atoms with Gasteiger partial charge in [0.1, 0.15) is 5.75 Å². The molecule has 22 heavy (non-hydrogen) atoms. The van der Waals surface area contributed by atoms with Crippen LogP contribution >= 0.6 is 0 Å². The molecule has 1 saturated carbocycles. The summed E-state index contributed by atoms with van der Waals surface area (Å²) >= 11 is 0. The van der Waals surface area contributed by atoms with E-state index < -0.39 is 0 Å². The molecule has 0 atom stereocenters. The number of hydrogen-bond acceptors (Lipinski definition) is 4. The Hall–Kier alpha value is -2.43. The van der Waals surface area contributed by atoms with Crippen LogP contribution in [0.1, 0.15) is 31.4 Å². The maximum atomic E-state index is 12.3. The van der Waals surface area contributed by atoms with E-state index >= 15 is 0 Å². The first-order valence-corrected chi connectivity index (χ1v) is 7.70. The molecule has 1 aromatic carbocycles. The molecule has 1 aromatic heterocycles. The molecule has 5 nitrogen and oxygen atoms in total. The summed E-state index contributed by atoms with van der Waals surface area (Å²) in [5.74, 6) is 1.06. The highest BCUT2D eigenvalue weighted by Gasteiger charge is 2.36. The number of aromatic nitrogens is 2. The van der Waals surface area contributed by atoms with E-state index in [-0.39, 0.29) is 17.7 Å². The Labute approximate surface area is 128 Å². The van der Waals surface area contributed by atoms with Gasteiger partial charge in [-0.25, -0.2) is 4.98 Å². The van der Waals surface area contributed by atoms with E-state index in [9.17, 15) is 9.90 Å². The molecular formula is C17H17N3O2. The van der Waals surface area contributed by atoms with Crippen molar-refractivity contribution in [3.8, 4) is 17.0 Å². The van der Waals surface area contributed by atoms with Crippen LogP contribution in [0.3, 0.4) is 0 Å². The summed E-state index contributed by atoms with van der Waals surface area (Å²) in [4.78, 5) is 23.3. The van der Waals surface area contributed by atoms with Crippen LogP contribution in [0.2, 0.25) is 0 Å². The predicted molar refractivity (Wildman–Crippen MR) is 82.6 cm³/mol. The van der Waals surface area contributed by atoms with Crippen molar-refractivity contribution in [2.45, 2.75) is 38.1 Å². The Morgan fingerprint density at radius 2 is 1.86 bits per heavy atom. The Morgan fingerprint density at radius 3 is 2.59 bits per heavy atom. The van der Waals surface area contributed by atoms with Crippen LogP contribution in [-0.4, -0.2) is 27.0 Å². The van der Waals surface area contributed by atoms with Gasteiger partial charge < -0.3 is 5.11 Å². The van der Waals surface area contributed by atoms with E-state index in [0.717, 1.165) is 35.6 Å². The molecule has 112 valence electrons. The molecule has 4 rings (SSSR count). The topological polar surface area (TPSA) is 66.3 Å². The van der Waals surface area contributed by atoms with Gasteiger partial charge in [-0.15, -0.1) is 0 Å². The lowest BCUT2D eigenvalue weighted by Crippen LogP contribution is -2.36. The molecule has 0 unspecified atom stereocenters. The number of nitrogens with zero attached hydrogens (tertiary/aromatic N) is 3. The Balaban J connectivity index is 1.74. The predicted octanol–water partition coefficient (Wildman–Crippen LogP) is 2.68. The maximum Gasteiger partial charge on any atom is 0.234 e. The monoisotopic (exact) mass is 295 g/mol. The summed E-state index contributed by atoms with van der Waals surface area (Å²) in [6.07, 6.45) is 6.52. The molecule has 2 heterocycles. The number of rotatable bonds is 2. The van der Waals surface area contributed by atoms with Crippen LogP contribution in [0.4, 0.5) is 5.82 Å². The third-order valence-corrected chi connectivity index (χ3v) is 4.50. The van der Waals surface area contributed by atoms with Crippen LogP contribution in [0.15, 0.2) is 30.5 Å². The maximum absolute atomic E-state index is 12.3. The quantitative estimate of drug-likeness (QED) is 0.925. The molecule has 1 aliphatic carbocycles. The minimum Gasteiger partial charge on any atom is -0.508 e. The van der Waals surface area contributed by atoms with E-state index in [0.29, 0.717) is 6.42 Å². The molecule has 0 saturated heterocycles. The van der Waals surface area contributed by atoms with E-state index in [2.05, 4.69) is 4.98 Å². The fourth-order valence-electron chi connectivity index (χ4n) is 3.38. The van der Waals surface area contributed by atoms with Crippen LogP contribution in [0, 0.1) is 0 Å². The fraction of sp³-hybridized carbons (Fsp3) is 0.353. The van der Waals surface area contributed by atoms with Gasteiger partial charge in [0.2, 0.25) is 5.91 Å². The molecule has 1 aliphatic heterocycles. The van der Waals surface area contributed by atoms with Crippen molar-refractivity contribution in [3.05, 3.63) is 36.2 Å². The number of phenolic OH excluding ortho intramolecular Hbond substituents is 1. The summed E-state index contributed by atoms with van der Waals surface area (Å²) in [7, 11) is 0. The van der Waals surface area contributed by atoms with E-state index in [1.54, 1.807) is 18.3 Å². The van der Waals surface area contributed by atoms with Crippen molar-refractivity contribution in [3.63, 3.8) is 0 Å². The number of fused-ring (bicyclic) bond motifs is 1. The SMILES string of the molecule is O=C1Cc2ncc(-c3ccc(O)cc3)nc2N1C1CCCC1. The van der Waals surface area contributed by atoms with Gasteiger partial charge in [0, 0.05) is 11.6 Å². The third kappa shape index (κ3) is 2.13. The van der Waals surface area contributed by atoms with Gasteiger partial charge in [0.15, 0.2) is 5.82 Å². The minimum atomic E-state index is 0.116. The largest absolute Gasteiger partial charge is 0.508 e. The number of benzene rings is 1. The lowest BCUT2D eigenvalue weighted by Gasteiger charge is -2.23. The second-order valence-corrected chi connectivity index (χ2v) is 5.95. The highest BCUT2D eigenvalue weighted by atomic mass is 16.3. The average Bonchev–Trinajstić information content (AvgIpc) is 3.13. The third-order valence-electron chi connectivity index (χ3n) is 4.50. The Kier molecular flexibility index (Phi) is 3.06. The number of carbonyl (C=O) groups excluding carboxylic acids is 1. The minimum absolute atomic E-state index is 0.116. The molecule has 1 N–H and O–H groups in total. The zero-order valence-electron chi connectivity index (χ0n) is 12.2. The van der Waals surface area contributed by atoms with Crippen molar-refractivity contribution < 1.29 is 9.90 Å². The van der Waals surface area contributed by atoms with Crippen LogP contribution in [-0.2, 0) is 11.2 Å². The van der Waals surface area contributed by atoms with Gasteiger partial charge in [-0.2, -0.15) is 0 Å². The normalized spacial score (nSPS) is 18.0. The highest BCUT2D eigenvalue weighted by Crippen LogP contribution is 2.34. The molecule has 0 spiro atoms. The number of phenols is 1. The van der Waals surface area contributed by atoms with Crippen molar-refractivity contribution in [1.82, 2.24) is 9.97 Å². The molecule has 0 radical (unpaired) electrons. The zero-order chi connectivity index (χ0) is 15.1. The van der Waals surface area contributed by atoms with Crippen molar-refractivity contribution in [1.29, 1.82) is 0 Å². The van der Waals surface area contributed by atoms with Crippen molar-refractivity contribution in [2.75, 3.05) is 4.90 Å².